The van der Waals surface area contributed by atoms with Gasteiger partial charge in [-0.25, -0.2) is 4.79 Å². The van der Waals surface area contributed by atoms with Crippen LogP contribution in [0.2, 0.25) is 10.0 Å². The van der Waals surface area contributed by atoms with Gasteiger partial charge >= 0.3 is 5.97 Å². The van der Waals surface area contributed by atoms with Gasteiger partial charge in [-0.1, -0.05) is 29.3 Å². The van der Waals surface area contributed by atoms with E-state index in [2.05, 4.69) is 5.32 Å². The summed E-state index contributed by atoms with van der Waals surface area (Å²) in [6.07, 6.45) is -0.978. The van der Waals surface area contributed by atoms with E-state index in [-0.39, 0.29) is 0 Å². The highest BCUT2D eigenvalue weighted by Crippen LogP contribution is 2.25. The maximum absolute atomic E-state index is 12.2. The van der Waals surface area contributed by atoms with E-state index in [1.807, 2.05) is 19.9 Å². The Morgan fingerprint density at radius 3 is 2.42 bits per heavy atom. The van der Waals surface area contributed by atoms with Gasteiger partial charge < -0.3 is 10.1 Å². The number of hydrogen-bond acceptors (Lipinski definition) is 3. The lowest BCUT2D eigenvalue weighted by Crippen LogP contribution is -2.30. The summed E-state index contributed by atoms with van der Waals surface area (Å²) in [5.74, 6) is -1.05. The van der Waals surface area contributed by atoms with Gasteiger partial charge in [0, 0.05) is 5.02 Å². The topological polar surface area (TPSA) is 55.4 Å². The Bertz CT molecular complexity index is 790. The van der Waals surface area contributed by atoms with Gasteiger partial charge in [0.2, 0.25) is 0 Å². The Kier molecular flexibility index (Phi) is 5.86. The molecule has 0 unspecified atom stereocenters. The summed E-state index contributed by atoms with van der Waals surface area (Å²) in [6.45, 7) is 5.35. The predicted octanol–water partition coefficient (Wildman–Crippen LogP) is 4.79. The molecule has 24 heavy (non-hydrogen) atoms. The summed E-state index contributed by atoms with van der Waals surface area (Å²) >= 11 is 11.9. The van der Waals surface area contributed by atoms with Gasteiger partial charge in [0.15, 0.2) is 6.10 Å². The Morgan fingerprint density at radius 1 is 1.04 bits per heavy atom. The summed E-state index contributed by atoms with van der Waals surface area (Å²) in [5, 5.41) is 3.38. The van der Waals surface area contributed by atoms with E-state index < -0.39 is 18.0 Å². The van der Waals surface area contributed by atoms with Gasteiger partial charge in [0.25, 0.3) is 5.91 Å². The third-order valence-corrected chi connectivity index (χ3v) is 4.15. The minimum Gasteiger partial charge on any atom is -0.449 e. The van der Waals surface area contributed by atoms with Crippen LogP contribution in [0.4, 0.5) is 5.69 Å². The second kappa shape index (κ2) is 7.69. The maximum Gasteiger partial charge on any atom is 0.338 e. The Morgan fingerprint density at radius 2 is 1.75 bits per heavy atom. The number of anilines is 1. The number of nitrogens with one attached hydrogen (secondary N) is 1. The molecule has 2 aromatic carbocycles. The average Bonchev–Trinajstić information content (AvgIpc) is 2.53. The first-order valence-corrected chi connectivity index (χ1v) is 8.07. The number of carbonyl (C=O) groups excluding carboxylic acids is 2. The number of amides is 1. The number of rotatable bonds is 4. The van der Waals surface area contributed by atoms with Crippen molar-refractivity contribution in [1.29, 1.82) is 0 Å². The third kappa shape index (κ3) is 4.49. The number of hydrogen-bond donors (Lipinski definition) is 1. The summed E-state index contributed by atoms with van der Waals surface area (Å²) in [6, 6.07) is 9.95. The molecule has 2 aromatic rings. The maximum atomic E-state index is 12.2. The Labute approximate surface area is 150 Å². The van der Waals surface area contributed by atoms with E-state index in [4.69, 9.17) is 27.9 Å². The zero-order chi connectivity index (χ0) is 17.9. The SMILES string of the molecule is Cc1ccc(C(=O)O[C@@H](C)C(=O)Nc2cc(Cl)ccc2Cl)cc1C. The number of ether oxygens (including phenoxy) is 1. The minimum atomic E-state index is -0.978. The Hall–Kier alpha value is -2.04. The molecule has 1 atom stereocenters. The lowest BCUT2D eigenvalue weighted by molar-refractivity contribution is -0.123. The zero-order valence-electron chi connectivity index (χ0n) is 13.5. The third-order valence-electron chi connectivity index (χ3n) is 3.58. The van der Waals surface area contributed by atoms with Crippen LogP contribution in [0.15, 0.2) is 36.4 Å². The molecular weight excluding hydrogens is 349 g/mol. The number of esters is 1. The van der Waals surface area contributed by atoms with Gasteiger partial charge in [-0.2, -0.15) is 0 Å². The van der Waals surface area contributed by atoms with Crippen molar-refractivity contribution in [3.05, 3.63) is 63.1 Å². The molecule has 0 aliphatic rings. The molecule has 0 aromatic heterocycles. The van der Waals surface area contributed by atoms with Crippen molar-refractivity contribution in [2.75, 3.05) is 5.32 Å². The molecule has 0 aliphatic heterocycles. The molecule has 6 heteroatoms. The van der Waals surface area contributed by atoms with Gasteiger partial charge in [-0.15, -0.1) is 0 Å². The first kappa shape index (κ1) is 18.3. The minimum absolute atomic E-state index is 0.348. The fourth-order valence-electron chi connectivity index (χ4n) is 1.98. The smallest absolute Gasteiger partial charge is 0.338 e. The molecular formula is C18H17Cl2NO3. The summed E-state index contributed by atoms with van der Waals surface area (Å²) in [7, 11) is 0. The zero-order valence-corrected chi connectivity index (χ0v) is 15.0. The second-order valence-electron chi connectivity index (χ2n) is 5.46. The largest absolute Gasteiger partial charge is 0.449 e. The van der Waals surface area contributed by atoms with E-state index in [0.717, 1.165) is 11.1 Å². The summed E-state index contributed by atoms with van der Waals surface area (Å²) in [4.78, 5) is 24.3. The molecule has 0 fully saturated rings. The van der Waals surface area contributed by atoms with Crippen molar-refractivity contribution in [3.63, 3.8) is 0 Å². The van der Waals surface area contributed by atoms with E-state index >= 15 is 0 Å². The van der Waals surface area contributed by atoms with Gasteiger partial charge in [0.1, 0.15) is 0 Å². The van der Waals surface area contributed by atoms with Crippen LogP contribution in [0.25, 0.3) is 0 Å². The van der Waals surface area contributed by atoms with Crippen LogP contribution in [0.1, 0.15) is 28.4 Å². The van der Waals surface area contributed by atoms with Crippen molar-refractivity contribution in [2.45, 2.75) is 26.9 Å². The van der Waals surface area contributed by atoms with Crippen molar-refractivity contribution in [2.24, 2.45) is 0 Å². The molecule has 2 rings (SSSR count). The summed E-state index contributed by atoms with van der Waals surface area (Å²) < 4.78 is 5.21. The molecule has 0 saturated heterocycles. The van der Waals surface area contributed by atoms with Crippen LogP contribution in [0, 0.1) is 13.8 Å². The standard InChI is InChI=1S/C18H17Cl2NO3/c1-10-4-5-13(8-11(10)2)18(23)24-12(3)17(22)21-16-9-14(19)6-7-15(16)20/h4-9,12H,1-3H3,(H,21,22)/t12-/m0/s1. The van der Waals surface area contributed by atoms with Gasteiger partial charge in [-0.3, -0.25) is 4.79 Å². The quantitative estimate of drug-likeness (QED) is 0.792. The Balaban J connectivity index is 2.04. The normalized spacial score (nSPS) is 11.7. The van der Waals surface area contributed by atoms with Crippen LogP contribution >= 0.6 is 23.2 Å². The van der Waals surface area contributed by atoms with E-state index in [1.54, 1.807) is 24.3 Å². The van der Waals surface area contributed by atoms with E-state index in [1.165, 1.54) is 13.0 Å². The van der Waals surface area contributed by atoms with E-state index in [0.29, 0.717) is 21.3 Å². The number of halogens is 2. The lowest BCUT2D eigenvalue weighted by atomic mass is 10.1. The first-order valence-electron chi connectivity index (χ1n) is 7.32. The van der Waals surface area contributed by atoms with Crippen LogP contribution < -0.4 is 5.32 Å². The molecule has 0 saturated carbocycles. The highest BCUT2D eigenvalue weighted by atomic mass is 35.5. The molecule has 0 aliphatic carbocycles. The molecule has 4 nitrogen and oxygen atoms in total. The highest BCUT2D eigenvalue weighted by Gasteiger charge is 2.20. The number of benzene rings is 2. The van der Waals surface area contributed by atoms with Crippen molar-refractivity contribution < 1.29 is 14.3 Å². The van der Waals surface area contributed by atoms with Crippen LogP contribution in [-0.2, 0) is 9.53 Å². The lowest BCUT2D eigenvalue weighted by Gasteiger charge is -2.15. The fourth-order valence-corrected chi connectivity index (χ4v) is 2.32. The molecule has 1 amide bonds. The van der Waals surface area contributed by atoms with Crippen LogP contribution in [-0.4, -0.2) is 18.0 Å². The first-order chi connectivity index (χ1) is 11.3. The van der Waals surface area contributed by atoms with Crippen molar-refractivity contribution in [3.8, 4) is 0 Å². The summed E-state index contributed by atoms with van der Waals surface area (Å²) in [5.41, 5.74) is 2.82. The molecule has 0 bridgehead atoms. The van der Waals surface area contributed by atoms with Crippen LogP contribution in [0.3, 0.4) is 0 Å². The number of aryl methyl sites for hydroxylation is 2. The van der Waals surface area contributed by atoms with Crippen LogP contribution in [0.5, 0.6) is 0 Å². The molecule has 0 spiro atoms. The van der Waals surface area contributed by atoms with Gasteiger partial charge in [-0.05, 0) is 62.2 Å². The molecule has 0 heterocycles. The average molecular weight is 366 g/mol. The van der Waals surface area contributed by atoms with Gasteiger partial charge in [0.05, 0.1) is 16.3 Å². The van der Waals surface area contributed by atoms with Crippen molar-refractivity contribution in [1.82, 2.24) is 0 Å². The van der Waals surface area contributed by atoms with Crippen molar-refractivity contribution >= 4 is 40.8 Å². The molecule has 126 valence electrons. The number of carbonyl (C=O) groups is 2. The molecule has 1 N–H and O–H groups in total. The fraction of sp³-hybridized carbons (Fsp3) is 0.222. The predicted molar refractivity (Wildman–Crippen MR) is 95.9 cm³/mol. The monoisotopic (exact) mass is 365 g/mol. The second-order valence-corrected chi connectivity index (χ2v) is 6.30. The van der Waals surface area contributed by atoms with E-state index in [9.17, 15) is 9.59 Å². The molecule has 0 radical (unpaired) electrons. The highest BCUT2D eigenvalue weighted by molar-refractivity contribution is 6.35.